The van der Waals surface area contributed by atoms with Crippen LogP contribution >= 0.6 is 11.3 Å². The van der Waals surface area contributed by atoms with Crippen molar-refractivity contribution in [2.45, 2.75) is 6.42 Å². The van der Waals surface area contributed by atoms with Crippen LogP contribution in [-0.4, -0.2) is 39.7 Å². The van der Waals surface area contributed by atoms with Gasteiger partial charge in [0.15, 0.2) is 0 Å². The number of carbonyl (C=O) groups excluding carboxylic acids is 1. The minimum absolute atomic E-state index is 0.166. The molecule has 1 amide bonds. The van der Waals surface area contributed by atoms with Gasteiger partial charge in [-0.25, -0.2) is 0 Å². The molecule has 1 aromatic carbocycles. The van der Waals surface area contributed by atoms with Crippen molar-refractivity contribution >= 4 is 33.8 Å². The molecule has 24 heavy (non-hydrogen) atoms. The zero-order chi connectivity index (χ0) is 17.7. The monoisotopic (exact) mass is 353 g/mol. The summed E-state index contributed by atoms with van der Waals surface area (Å²) >= 11 is 1.11. The van der Waals surface area contributed by atoms with Crippen molar-refractivity contribution in [2.24, 2.45) is 0 Å². The van der Waals surface area contributed by atoms with Crippen LogP contribution in [0.15, 0.2) is 18.2 Å². The SMILES string of the molecule is COCCc1nnc(NC(=O)c2ccc([N+](=O)[O-])cc2[N+](=O)[O-])s1. The Morgan fingerprint density at radius 1 is 1.29 bits per heavy atom. The van der Waals surface area contributed by atoms with Gasteiger partial charge in [0.1, 0.15) is 10.6 Å². The number of aromatic nitrogens is 2. The average molecular weight is 353 g/mol. The standard InChI is InChI=1S/C12H11N5O6S/c1-23-5-4-10-14-15-12(24-10)13-11(18)8-3-2-7(16(19)20)6-9(8)17(21)22/h2-3,6H,4-5H2,1H3,(H,13,15,18). The van der Waals surface area contributed by atoms with Crippen molar-refractivity contribution in [1.29, 1.82) is 0 Å². The molecule has 0 fully saturated rings. The maximum absolute atomic E-state index is 12.2. The van der Waals surface area contributed by atoms with Gasteiger partial charge in [-0.05, 0) is 6.07 Å². The predicted molar refractivity (Wildman–Crippen MR) is 83.2 cm³/mol. The molecule has 0 spiro atoms. The lowest BCUT2D eigenvalue weighted by Crippen LogP contribution is -2.14. The summed E-state index contributed by atoms with van der Waals surface area (Å²) in [6.07, 6.45) is 0.516. The topological polar surface area (TPSA) is 150 Å². The van der Waals surface area contributed by atoms with E-state index in [1.54, 1.807) is 0 Å². The Morgan fingerprint density at radius 2 is 2.04 bits per heavy atom. The second-order valence-electron chi connectivity index (χ2n) is 4.41. The summed E-state index contributed by atoms with van der Waals surface area (Å²) in [4.78, 5) is 32.3. The number of rotatable bonds is 7. The van der Waals surface area contributed by atoms with Gasteiger partial charge in [0.05, 0.1) is 22.5 Å². The zero-order valence-electron chi connectivity index (χ0n) is 12.3. The Labute approximate surface area is 138 Å². The minimum atomic E-state index is -0.855. The molecule has 11 nitrogen and oxygen atoms in total. The summed E-state index contributed by atoms with van der Waals surface area (Å²) in [6, 6.07) is 2.78. The molecule has 126 valence electrons. The van der Waals surface area contributed by atoms with Crippen molar-refractivity contribution in [3.8, 4) is 0 Å². The molecule has 1 N–H and O–H groups in total. The Balaban J connectivity index is 2.21. The lowest BCUT2D eigenvalue weighted by molar-refractivity contribution is -0.394. The van der Waals surface area contributed by atoms with Gasteiger partial charge in [0.2, 0.25) is 5.13 Å². The molecule has 2 rings (SSSR count). The van der Waals surface area contributed by atoms with Crippen LogP contribution in [0.1, 0.15) is 15.4 Å². The van der Waals surface area contributed by atoms with Crippen LogP contribution in [0.25, 0.3) is 0 Å². The smallest absolute Gasteiger partial charge is 0.289 e. The van der Waals surface area contributed by atoms with E-state index >= 15 is 0 Å². The summed E-state index contributed by atoms with van der Waals surface area (Å²) in [6.45, 7) is 0.441. The first-order chi connectivity index (χ1) is 11.4. The Kier molecular flexibility index (Phi) is 5.44. The highest BCUT2D eigenvalue weighted by Gasteiger charge is 2.24. The Morgan fingerprint density at radius 3 is 2.67 bits per heavy atom. The van der Waals surface area contributed by atoms with Crippen molar-refractivity contribution in [1.82, 2.24) is 10.2 Å². The second-order valence-corrected chi connectivity index (χ2v) is 5.48. The molecule has 0 radical (unpaired) electrons. The molecule has 1 aromatic heterocycles. The van der Waals surface area contributed by atoms with Crippen LogP contribution < -0.4 is 5.32 Å². The Hall–Kier alpha value is -2.99. The number of hydrogen-bond acceptors (Lipinski definition) is 9. The first-order valence-electron chi connectivity index (χ1n) is 6.48. The largest absolute Gasteiger partial charge is 0.384 e. The number of ether oxygens (including phenoxy) is 1. The lowest BCUT2D eigenvalue weighted by atomic mass is 10.1. The maximum Gasteiger partial charge on any atom is 0.289 e. The Bertz CT molecular complexity index is 792. The second kappa shape index (κ2) is 7.52. The fourth-order valence-corrected chi connectivity index (χ4v) is 2.45. The number of nitro groups is 2. The average Bonchev–Trinajstić information content (AvgIpc) is 2.99. The number of methoxy groups -OCH3 is 1. The van der Waals surface area contributed by atoms with E-state index in [0.717, 1.165) is 29.5 Å². The van der Waals surface area contributed by atoms with E-state index in [2.05, 4.69) is 15.5 Å². The summed E-state index contributed by atoms with van der Waals surface area (Å²) in [7, 11) is 1.54. The molecular formula is C12H11N5O6S. The fraction of sp³-hybridized carbons (Fsp3) is 0.250. The van der Waals surface area contributed by atoms with Crippen LogP contribution in [0, 0.1) is 20.2 Å². The molecular weight excluding hydrogens is 342 g/mol. The molecule has 0 saturated carbocycles. The van der Waals surface area contributed by atoms with Crippen molar-refractivity contribution in [3.05, 3.63) is 49.0 Å². The molecule has 0 atom stereocenters. The van der Waals surface area contributed by atoms with Crippen LogP contribution in [-0.2, 0) is 11.2 Å². The van der Waals surface area contributed by atoms with Gasteiger partial charge >= 0.3 is 0 Å². The number of amides is 1. The first kappa shape index (κ1) is 17.4. The van der Waals surface area contributed by atoms with Crippen molar-refractivity contribution < 1.29 is 19.4 Å². The highest BCUT2D eigenvalue weighted by atomic mass is 32.1. The highest BCUT2D eigenvalue weighted by Crippen LogP contribution is 2.26. The number of hydrogen-bond donors (Lipinski definition) is 1. The maximum atomic E-state index is 12.2. The third-order valence-electron chi connectivity index (χ3n) is 2.84. The van der Waals surface area contributed by atoms with Crippen LogP contribution in [0.3, 0.4) is 0 Å². The molecule has 0 aliphatic heterocycles. The molecule has 0 saturated heterocycles. The van der Waals surface area contributed by atoms with E-state index in [-0.39, 0.29) is 10.7 Å². The molecule has 1 heterocycles. The van der Waals surface area contributed by atoms with Gasteiger partial charge in [-0.1, -0.05) is 11.3 Å². The van der Waals surface area contributed by atoms with E-state index in [1.165, 1.54) is 7.11 Å². The van der Waals surface area contributed by atoms with E-state index in [1.807, 2.05) is 0 Å². The summed E-state index contributed by atoms with van der Waals surface area (Å²) in [5.74, 6) is -0.800. The number of benzene rings is 1. The van der Waals surface area contributed by atoms with E-state index in [0.29, 0.717) is 18.0 Å². The van der Waals surface area contributed by atoms with Crippen molar-refractivity contribution in [3.63, 3.8) is 0 Å². The van der Waals surface area contributed by atoms with Gasteiger partial charge < -0.3 is 4.74 Å². The number of non-ortho nitro benzene ring substituents is 1. The van der Waals surface area contributed by atoms with E-state index in [9.17, 15) is 25.0 Å². The molecule has 0 bridgehead atoms. The third-order valence-corrected chi connectivity index (χ3v) is 3.74. The van der Waals surface area contributed by atoms with E-state index < -0.39 is 27.1 Å². The molecule has 0 unspecified atom stereocenters. The molecule has 0 aliphatic rings. The highest BCUT2D eigenvalue weighted by molar-refractivity contribution is 7.15. The fourth-order valence-electron chi connectivity index (χ4n) is 1.74. The first-order valence-corrected chi connectivity index (χ1v) is 7.29. The quantitative estimate of drug-likeness (QED) is 0.584. The number of nitrogens with one attached hydrogen (secondary N) is 1. The van der Waals surface area contributed by atoms with Crippen molar-refractivity contribution in [2.75, 3.05) is 19.0 Å². The minimum Gasteiger partial charge on any atom is -0.384 e. The lowest BCUT2D eigenvalue weighted by Gasteiger charge is -2.02. The summed E-state index contributed by atoms with van der Waals surface area (Å²) in [5, 5.41) is 32.5. The van der Waals surface area contributed by atoms with Gasteiger partial charge in [-0.15, -0.1) is 10.2 Å². The molecule has 12 heteroatoms. The summed E-state index contributed by atoms with van der Waals surface area (Å²) in [5.41, 5.74) is -1.44. The van der Waals surface area contributed by atoms with Crippen LogP contribution in [0.5, 0.6) is 0 Å². The van der Waals surface area contributed by atoms with Crippen LogP contribution in [0.2, 0.25) is 0 Å². The van der Waals surface area contributed by atoms with Crippen LogP contribution in [0.4, 0.5) is 16.5 Å². The van der Waals surface area contributed by atoms with E-state index in [4.69, 9.17) is 4.74 Å². The van der Waals surface area contributed by atoms with Gasteiger partial charge in [0, 0.05) is 19.6 Å². The molecule has 0 aliphatic carbocycles. The van der Waals surface area contributed by atoms with Gasteiger partial charge in [0.25, 0.3) is 17.3 Å². The molecule has 2 aromatic rings. The van der Waals surface area contributed by atoms with Gasteiger partial charge in [-0.2, -0.15) is 0 Å². The van der Waals surface area contributed by atoms with Gasteiger partial charge in [-0.3, -0.25) is 30.3 Å². The zero-order valence-corrected chi connectivity index (χ0v) is 13.1. The number of anilines is 1. The normalized spacial score (nSPS) is 10.4. The third kappa shape index (κ3) is 4.05. The number of nitro benzene ring substituents is 2. The predicted octanol–water partition coefficient (Wildman–Crippen LogP) is 1.80. The number of carbonyl (C=O) groups is 1. The summed E-state index contributed by atoms with van der Waals surface area (Å²) < 4.78 is 4.90. The number of nitrogens with zero attached hydrogens (tertiary/aromatic N) is 4.